The first kappa shape index (κ1) is 20.3. The molecule has 2 nitrogen and oxygen atoms in total. The molecule has 0 aliphatic rings. The SMILES string of the molecule is O=C(N[C@H](CBr)c1ccccc1)c1cc(C(F)(F)F)cc(C(F)(F)F)c1. The van der Waals surface area contributed by atoms with Crippen LogP contribution < -0.4 is 5.32 Å². The summed E-state index contributed by atoms with van der Waals surface area (Å²) in [4.78, 5) is 12.3. The molecule has 0 unspecified atom stereocenters. The standard InChI is InChI=1S/C17H12BrF6NO/c18-9-14(10-4-2-1-3-5-10)25-15(26)11-6-12(16(19,20)21)8-13(7-11)17(22,23)24/h1-8,14H,9H2,(H,25,26)/t14-/m1/s1. The Morgan fingerprint density at radius 1 is 0.923 bits per heavy atom. The molecule has 1 N–H and O–H groups in total. The lowest BCUT2D eigenvalue weighted by molar-refractivity contribution is -0.143. The Kier molecular flexibility index (Phi) is 6.00. The molecule has 9 heteroatoms. The molecule has 1 atom stereocenters. The van der Waals surface area contributed by atoms with Crippen LogP contribution in [-0.4, -0.2) is 11.2 Å². The van der Waals surface area contributed by atoms with Crippen molar-refractivity contribution in [1.82, 2.24) is 5.32 Å². The third kappa shape index (κ3) is 5.00. The van der Waals surface area contributed by atoms with Crippen molar-refractivity contribution >= 4 is 21.8 Å². The van der Waals surface area contributed by atoms with Crippen molar-refractivity contribution < 1.29 is 31.1 Å². The molecule has 0 saturated carbocycles. The molecule has 26 heavy (non-hydrogen) atoms. The zero-order valence-corrected chi connectivity index (χ0v) is 14.5. The van der Waals surface area contributed by atoms with Crippen molar-refractivity contribution in [3.63, 3.8) is 0 Å². The van der Waals surface area contributed by atoms with Gasteiger partial charge < -0.3 is 5.32 Å². The van der Waals surface area contributed by atoms with Gasteiger partial charge in [0.25, 0.3) is 5.91 Å². The highest BCUT2D eigenvalue weighted by Crippen LogP contribution is 2.36. The predicted octanol–water partition coefficient (Wildman–Crippen LogP) is 5.59. The first-order valence-electron chi connectivity index (χ1n) is 7.23. The van der Waals surface area contributed by atoms with Crippen LogP contribution in [0.3, 0.4) is 0 Å². The number of amides is 1. The van der Waals surface area contributed by atoms with Crippen LogP contribution in [0.15, 0.2) is 48.5 Å². The third-order valence-electron chi connectivity index (χ3n) is 3.51. The molecule has 0 saturated heterocycles. The molecular weight excluding hydrogens is 428 g/mol. The zero-order chi connectivity index (χ0) is 19.5. The summed E-state index contributed by atoms with van der Waals surface area (Å²) >= 11 is 3.17. The summed E-state index contributed by atoms with van der Waals surface area (Å²) in [7, 11) is 0. The van der Waals surface area contributed by atoms with Gasteiger partial charge in [-0.3, -0.25) is 4.79 Å². The van der Waals surface area contributed by atoms with E-state index in [2.05, 4.69) is 21.2 Å². The fraction of sp³-hybridized carbons (Fsp3) is 0.235. The van der Waals surface area contributed by atoms with Crippen molar-refractivity contribution in [3.05, 3.63) is 70.8 Å². The molecule has 0 bridgehead atoms. The van der Waals surface area contributed by atoms with E-state index in [-0.39, 0.29) is 11.4 Å². The Morgan fingerprint density at radius 3 is 1.85 bits per heavy atom. The van der Waals surface area contributed by atoms with Crippen LogP contribution in [0, 0.1) is 0 Å². The summed E-state index contributed by atoms with van der Waals surface area (Å²) in [6.45, 7) is 0. The van der Waals surface area contributed by atoms with Crippen LogP contribution in [0.2, 0.25) is 0 Å². The van der Waals surface area contributed by atoms with Crippen LogP contribution in [-0.2, 0) is 12.4 Å². The second-order valence-electron chi connectivity index (χ2n) is 5.39. The molecular formula is C17H12BrF6NO. The number of nitrogens with one attached hydrogen (secondary N) is 1. The van der Waals surface area contributed by atoms with E-state index in [0.29, 0.717) is 17.7 Å². The first-order chi connectivity index (χ1) is 12.0. The van der Waals surface area contributed by atoms with Crippen molar-refractivity contribution in [2.24, 2.45) is 0 Å². The molecule has 1 amide bonds. The second kappa shape index (κ2) is 7.69. The smallest absolute Gasteiger partial charge is 0.344 e. The topological polar surface area (TPSA) is 29.1 Å². The van der Waals surface area contributed by atoms with Crippen LogP contribution in [0.4, 0.5) is 26.3 Å². The number of carbonyl (C=O) groups is 1. The van der Waals surface area contributed by atoms with E-state index < -0.39 is 41.0 Å². The van der Waals surface area contributed by atoms with E-state index in [4.69, 9.17) is 0 Å². The molecule has 0 aromatic heterocycles. The molecule has 2 aromatic carbocycles. The largest absolute Gasteiger partial charge is 0.416 e. The van der Waals surface area contributed by atoms with E-state index >= 15 is 0 Å². The van der Waals surface area contributed by atoms with Crippen LogP contribution in [0.1, 0.15) is 33.1 Å². The molecule has 0 heterocycles. The quantitative estimate of drug-likeness (QED) is 0.488. The Morgan fingerprint density at radius 2 is 1.42 bits per heavy atom. The molecule has 2 aromatic rings. The lowest BCUT2D eigenvalue weighted by atomic mass is 10.0. The van der Waals surface area contributed by atoms with Gasteiger partial charge >= 0.3 is 12.4 Å². The maximum Gasteiger partial charge on any atom is 0.416 e. The second-order valence-corrected chi connectivity index (χ2v) is 6.03. The van der Waals surface area contributed by atoms with Gasteiger partial charge in [-0.2, -0.15) is 26.3 Å². The van der Waals surface area contributed by atoms with E-state index in [1.807, 2.05) is 0 Å². The van der Waals surface area contributed by atoms with Gasteiger partial charge in [0.15, 0.2) is 0 Å². The summed E-state index contributed by atoms with van der Waals surface area (Å²) in [5.74, 6) is -1.03. The Labute approximate surface area is 153 Å². The van der Waals surface area contributed by atoms with Crippen LogP contribution >= 0.6 is 15.9 Å². The highest BCUT2D eigenvalue weighted by atomic mass is 79.9. The molecule has 0 fully saturated rings. The molecule has 0 spiro atoms. The fourth-order valence-corrected chi connectivity index (χ4v) is 2.76. The number of halogens is 7. The maximum absolute atomic E-state index is 12.9. The number of carbonyl (C=O) groups excluding carboxylic acids is 1. The van der Waals surface area contributed by atoms with Gasteiger partial charge in [0.1, 0.15) is 0 Å². The van der Waals surface area contributed by atoms with E-state index in [9.17, 15) is 31.1 Å². The van der Waals surface area contributed by atoms with Crippen molar-refractivity contribution in [2.75, 3.05) is 5.33 Å². The highest BCUT2D eigenvalue weighted by Gasteiger charge is 2.37. The van der Waals surface area contributed by atoms with E-state index in [0.717, 1.165) is 0 Å². The zero-order valence-electron chi connectivity index (χ0n) is 13.0. The normalized spacial score (nSPS) is 13.3. The van der Waals surface area contributed by atoms with Crippen molar-refractivity contribution in [3.8, 4) is 0 Å². The third-order valence-corrected chi connectivity index (χ3v) is 4.16. The minimum Gasteiger partial charge on any atom is -0.344 e. The summed E-state index contributed by atoms with van der Waals surface area (Å²) in [5.41, 5.74) is -3.13. The minimum atomic E-state index is -5.01. The summed E-state index contributed by atoms with van der Waals surface area (Å²) in [6, 6.07) is 8.66. The number of hydrogen-bond acceptors (Lipinski definition) is 1. The number of benzene rings is 2. The Hall–Kier alpha value is -2.03. The minimum absolute atomic E-state index is 0.0179. The fourth-order valence-electron chi connectivity index (χ4n) is 2.22. The monoisotopic (exact) mass is 439 g/mol. The van der Waals surface area contributed by atoms with Crippen LogP contribution in [0.25, 0.3) is 0 Å². The van der Waals surface area contributed by atoms with Gasteiger partial charge in [0, 0.05) is 10.9 Å². The lowest BCUT2D eigenvalue weighted by Gasteiger charge is -2.18. The Balaban J connectivity index is 2.38. The predicted molar refractivity (Wildman–Crippen MR) is 86.9 cm³/mol. The first-order valence-corrected chi connectivity index (χ1v) is 8.36. The lowest BCUT2D eigenvalue weighted by Crippen LogP contribution is -2.30. The van der Waals surface area contributed by atoms with E-state index in [1.165, 1.54) is 0 Å². The van der Waals surface area contributed by atoms with Crippen LogP contribution in [0.5, 0.6) is 0 Å². The summed E-state index contributed by atoms with van der Waals surface area (Å²) in [6.07, 6.45) is -10.0. The highest BCUT2D eigenvalue weighted by molar-refractivity contribution is 9.09. The molecule has 0 aliphatic carbocycles. The average Bonchev–Trinajstić information content (AvgIpc) is 2.58. The Bertz CT molecular complexity index is 741. The van der Waals surface area contributed by atoms with Crippen molar-refractivity contribution in [1.29, 1.82) is 0 Å². The van der Waals surface area contributed by atoms with Gasteiger partial charge in [-0.05, 0) is 23.8 Å². The maximum atomic E-state index is 12.9. The number of hydrogen-bond donors (Lipinski definition) is 1. The van der Waals surface area contributed by atoms with Crippen molar-refractivity contribution in [2.45, 2.75) is 18.4 Å². The molecule has 0 aliphatic heterocycles. The summed E-state index contributed by atoms with van der Waals surface area (Å²) in [5, 5.41) is 2.67. The van der Waals surface area contributed by atoms with E-state index in [1.54, 1.807) is 30.3 Å². The molecule has 2 rings (SSSR count). The van der Waals surface area contributed by atoms with Gasteiger partial charge in [-0.25, -0.2) is 0 Å². The van der Waals surface area contributed by atoms with Gasteiger partial charge in [0.05, 0.1) is 17.2 Å². The van der Waals surface area contributed by atoms with Gasteiger partial charge in [0.2, 0.25) is 0 Å². The van der Waals surface area contributed by atoms with Gasteiger partial charge in [-0.1, -0.05) is 46.3 Å². The summed E-state index contributed by atoms with van der Waals surface area (Å²) < 4.78 is 77.3. The molecule has 0 radical (unpaired) electrons. The van der Waals surface area contributed by atoms with Gasteiger partial charge in [-0.15, -0.1) is 0 Å². The number of rotatable bonds is 4. The molecule has 140 valence electrons. The number of alkyl halides is 7. The average molecular weight is 440 g/mol.